The summed E-state index contributed by atoms with van der Waals surface area (Å²) >= 11 is 0. The van der Waals surface area contributed by atoms with Gasteiger partial charge in [-0.25, -0.2) is 4.79 Å². The summed E-state index contributed by atoms with van der Waals surface area (Å²) in [6.07, 6.45) is 1.14. The smallest absolute Gasteiger partial charge is 0.316 e. The first kappa shape index (κ1) is 10.8. The van der Waals surface area contributed by atoms with Crippen LogP contribution in [0.2, 0.25) is 0 Å². The Morgan fingerprint density at radius 1 is 1.31 bits per heavy atom. The Bertz CT molecular complexity index is 357. The van der Waals surface area contributed by atoms with Gasteiger partial charge in [0.25, 0.3) is 0 Å². The summed E-state index contributed by atoms with van der Waals surface area (Å²) in [6, 6.07) is 7.48. The predicted molar refractivity (Wildman–Crippen MR) is 64.5 cm³/mol. The van der Waals surface area contributed by atoms with Crippen LogP contribution in [0.15, 0.2) is 24.3 Å². The highest BCUT2D eigenvalue weighted by molar-refractivity contribution is 5.87. The Hall–Kier alpha value is -1.75. The zero-order valence-corrected chi connectivity index (χ0v) is 8.99. The molecule has 0 aromatic heterocycles. The van der Waals surface area contributed by atoms with Gasteiger partial charge in [-0.15, -0.1) is 0 Å². The van der Waals surface area contributed by atoms with Gasteiger partial charge in [0.2, 0.25) is 0 Å². The fraction of sp³-hybridized carbons (Fsp3) is 0.364. The lowest BCUT2D eigenvalue weighted by molar-refractivity contribution is 0.259. The normalized spacial score (nSPS) is 19.4. The van der Waals surface area contributed by atoms with Crippen LogP contribution in [0.3, 0.4) is 0 Å². The van der Waals surface area contributed by atoms with Crippen molar-refractivity contribution in [3.8, 4) is 0 Å². The molecule has 1 aliphatic heterocycles. The van der Waals surface area contributed by atoms with Crippen molar-refractivity contribution in [2.24, 2.45) is 5.73 Å². The van der Waals surface area contributed by atoms with Crippen LogP contribution in [-0.4, -0.2) is 25.2 Å². The molecule has 2 rings (SSSR count). The molecule has 2 amide bonds. The molecule has 0 aliphatic carbocycles. The van der Waals surface area contributed by atoms with Crippen LogP contribution >= 0.6 is 0 Å². The third kappa shape index (κ3) is 2.87. The van der Waals surface area contributed by atoms with Gasteiger partial charge in [-0.3, -0.25) is 0 Å². The maximum Gasteiger partial charge on any atom is 0.316 e. The lowest BCUT2D eigenvalue weighted by Crippen LogP contribution is -2.22. The number of hydrogen-bond donors (Lipinski definition) is 4. The molecule has 1 heterocycles. The number of primary amides is 1. The van der Waals surface area contributed by atoms with E-state index in [-0.39, 0.29) is 0 Å². The van der Waals surface area contributed by atoms with Crippen molar-refractivity contribution in [2.75, 3.05) is 23.7 Å². The average Bonchev–Trinajstić information content (AvgIpc) is 2.73. The number of rotatable bonds is 3. The molecular formula is C11H16N4O. The first-order valence-corrected chi connectivity index (χ1v) is 5.38. The van der Waals surface area contributed by atoms with Crippen molar-refractivity contribution in [3.63, 3.8) is 0 Å². The molecule has 1 aliphatic rings. The van der Waals surface area contributed by atoms with Gasteiger partial charge in [0.05, 0.1) is 0 Å². The van der Waals surface area contributed by atoms with Crippen LogP contribution in [0.4, 0.5) is 16.2 Å². The van der Waals surface area contributed by atoms with Gasteiger partial charge in [-0.2, -0.15) is 0 Å². The molecule has 1 aromatic carbocycles. The van der Waals surface area contributed by atoms with Gasteiger partial charge in [-0.05, 0) is 37.2 Å². The fourth-order valence-electron chi connectivity index (χ4n) is 1.81. The first-order chi connectivity index (χ1) is 7.74. The topological polar surface area (TPSA) is 79.2 Å². The number of carbonyl (C=O) groups excluding carboxylic acids is 1. The monoisotopic (exact) mass is 220 g/mol. The molecule has 0 radical (unpaired) electrons. The van der Waals surface area contributed by atoms with Crippen LogP contribution < -0.4 is 21.7 Å². The van der Waals surface area contributed by atoms with Gasteiger partial charge >= 0.3 is 6.03 Å². The number of benzene rings is 1. The number of carbonyl (C=O) groups is 1. The van der Waals surface area contributed by atoms with Gasteiger partial charge < -0.3 is 21.7 Å². The van der Waals surface area contributed by atoms with Crippen molar-refractivity contribution >= 4 is 17.4 Å². The van der Waals surface area contributed by atoms with Gasteiger partial charge in [0.15, 0.2) is 0 Å². The molecule has 16 heavy (non-hydrogen) atoms. The average molecular weight is 220 g/mol. The van der Waals surface area contributed by atoms with Crippen LogP contribution in [0.1, 0.15) is 6.42 Å². The number of hydrogen-bond acceptors (Lipinski definition) is 3. The number of nitrogens with two attached hydrogens (primary N) is 1. The largest absolute Gasteiger partial charge is 0.381 e. The van der Waals surface area contributed by atoms with Gasteiger partial charge in [0, 0.05) is 24.0 Å². The highest BCUT2D eigenvalue weighted by Gasteiger charge is 2.13. The van der Waals surface area contributed by atoms with Gasteiger partial charge in [0.1, 0.15) is 0 Å². The lowest BCUT2D eigenvalue weighted by Gasteiger charge is -2.13. The quantitative estimate of drug-likeness (QED) is 0.612. The molecule has 86 valence electrons. The first-order valence-electron chi connectivity index (χ1n) is 5.38. The fourth-order valence-corrected chi connectivity index (χ4v) is 1.81. The standard InChI is InChI=1S/C11H16N4O/c12-11(16)15-9-3-1-8(2-4-9)14-10-5-6-13-7-10/h1-4,10,13-14H,5-7H2,(H3,12,15,16). The summed E-state index contributed by atoms with van der Waals surface area (Å²) in [5, 5.41) is 9.23. The van der Waals surface area contributed by atoms with Crippen molar-refractivity contribution in [1.29, 1.82) is 0 Å². The SMILES string of the molecule is NC(=O)Nc1ccc(NC2CCNC2)cc1. The number of anilines is 2. The highest BCUT2D eigenvalue weighted by atomic mass is 16.2. The van der Waals surface area contributed by atoms with Crippen LogP contribution in [0, 0.1) is 0 Å². The molecule has 1 saturated heterocycles. The molecule has 5 heteroatoms. The Morgan fingerprint density at radius 2 is 2.00 bits per heavy atom. The summed E-state index contributed by atoms with van der Waals surface area (Å²) in [5.41, 5.74) is 6.79. The summed E-state index contributed by atoms with van der Waals surface area (Å²) in [5.74, 6) is 0. The molecule has 5 nitrogen and oxygen atoms in total. The Balaban J connectivity index is 1.93. The van der Waals surface area contributed by atoms with Crippen molar-refractivity contribution in [1.82, 2.24) is 5.32 Å². The molecule has 1 aromatic rings. The number of urea groups is 1. The molecule has 1 unspecified atom stereocenters. The minimum absolute atomic E-state index is 0.495. The number of nitrogens with one attached hydrogen (secondary N) is 3. The van der Waals surface area contributed by atoms with Crippen molar-refractivity contribution in [3.05, 3.63) is 24.3 Å². The second-order valence-electron chi connectivity index (χ2n) is 3.90. The maximum atomic E-state index is 10.6. The van der Waals surface area contributed by atoms with E-state index in [0.717, 1.165) is 25.2 Å². The van der Waals surface area contributed by atoms with E-state index in [4.69, 9.17) is 5.73 Å². The molecule has 0 bridgehead atoms. The Labute approximate surface area is 94.4 Å². The van der Waals surface area contributed by atoms with E-state index in [1.165, 1.54) is 0 Å². The second kappa shape index (κ2) is 4.85. The van der Waals surface area contributed by atoms with E-state index < -0.39 is 6.03 Å². The van der Waals surface area contributed by atoms with E-state index in [0.29, 0.717) is 11.7 Å². The summed E-state index contributed by atoms with van der Waals surface area (Å²) in [6.45, 7) is 2.07. The molecule has 0 spiro atoms. The Morgan fingerprint density at radius 3 is 2.56 bits per heavy atom. The molecule has 1 atom stereocenters. The van der Waals surface area contributed by atoms with E-state index in [1.807, 2.05) is 24.3 Å². The van der Waals surface area contributed by atoms with Crippen LogP contribution in [0.25, 0.3) is 0 Å². The summed E-state index contributed by atoms with van der Waals surface area (Å²) in [4.78, 5) is 10.6. The van der Waals surface area contributed by atoms with E-state index in [2.05, 4.69) is 16.0 Å². The zero-order valence-electron chi connectivity index (χ0n) is 8.99. The number of amides is 2. The van der Waals surface area contributed by atoms with Crippen LogP contribution in [-0.2, 0) is 0 Å². The molecular weight excluding hydrogens is 204 g/mol. The second-order valence-corrected chi connectivity index (χ2v) is 3.90. The highest BCUT2D eigenvalue weighted by Crippen LogP contribution is 2.15. The van der Waals surface area contributed by atoms with Crippen LogP contribution in [0.5, 0.6) is 0 Å². The third-order valence-corrected chi connectivity index (χ3v) is 2.58. The molecule has 5 N–H and O–H groups in total. The van der Waals surface area contributed by atoms with E-state index in [1.54, 1.807) is 0 Å². The zero-order chi connectivity index (χ0) is 11.4. The Kier molecular flexibility index (Phi) is 3.26. The summed E-state index contributed by atoms with van der Waals surface area (Å²) in [7, 11) is 0. The molecule has 1 fully saturated rings. The minimum atomic E-state index is -0.541. The minimum Gasteiger partial charge on any atom is -0.381 e. The van der Waals surface area contributed by atoms with Crippen molar-refractivity contribution in [2.45, 2.75) is 12.5 Å². The predicted octanol–water partition coefficient (Wildman–Crippen LogP) is 0.951. The maximum absolute atomic E-state index is 10.6. The van der Waals surface area contributed by atoms with Gasteiger partial charge in [-0.1, -0.05) is 0 Å². The molecule has 0 saturated carbocycles. The third-order valence-electron chi connectivity index (χ3n) is 2.58. The van der Waals surface area contributed by atoms with E-state index in [9.17, 15) is 4.79 Å². The summed E-state index contributed by atoms with van der Waals surface area (Å²) < 4.78 is 0. The van der Waals surface area contributed by atoms with Crippen molar-refractivity contribution < 1.29 is 4.79 Å². The lowest BCUT2D eigenvalue weighted by atomic mass is 10.2. The van der Waals surface area contributed by atoms with E-state index >= 15 is 0 Å².